The van der Waals surface area contributed by atoms with Crippen molar-refractivity contribution >= 4 is 29.1 Å². The summed E-state index contributed by atoms with van der Waals surface area (Å²) >= 11 is 0. The predicted molar refractivity (Wildman–Crippen MR) is 107 cm³/mol. The van der Waals surface area contributed by atoms with Crippen molar-refractivity contribution in [3.05, 3.63) is 58.3 Å². The van der Waals surface area contributed by atoms with Crippen LogP contribution in [0.4, 0.5) is 30.4 Å². The van der Waals surface area contributed by atoms with Crippen molar-refractivity contribution in [3.8, 4) is 0 Å². The van der Waals surface area contributed by atoms with E-state index in [0.29, 0.717) is 31.7 Å². The lowest BCUT2D eigenvalue weighted by Gasteiger charge is -2.31. The van der Waals surface area contributed by atoms with Gasteiger partial charge in [0.05, 0.1) is 16.4 Å². The minimum Gasteiger partial charge on any atom is -0.455 e. The molecule has 12 heteroatoms. The largest absolute Gasteiger partial charge is 0.455 e. The molecule has 2 heterocycles. The number of amides is 1. The summed E-state index contributed by atoms with van der Waals surface area (Å²) in [6.45, 7) is 0.262. The normalized spacial score (nSPS) is 14.7. The van der Waals surface area contributed by atoms with Crippen LogP contribution in [-0.4, -0.2) is 41.5 Å². The van der Waals surface area contributed by atoms with Gasteiger partial charge < -0.3 is 15.0 Å². The number of nitrogens with one attached hydrogen (secondary N) is 1. The number of nitro groups is 1. The molecular weight excluding hydrogens is 433 g/mol. The molecule has 0 spiro atoms. The van der Waals surface area contributed by atoms with Gasteiger partial charge in [-0.15, -0.1) is 0 Å². The number of alkyl halides is 3. The number of benzene rings is 1. The molecule has 1 aromatic heterocycles. The number of esters is 1. The zero-order valence-corrected chi connectivity index (χ0v) is 16.7. The number of halogens is 3. The average Bonchev–Trinajstić information content (AvgIpc) is 2.77. The van der Waals surface area contributed by atoms with Gasteiger partial charge in [-0.3, -0.25) is 19.7 Å². The van der Waals surface area contributed by atoms with Gasteiger partial charge in [0.1, 0.15) is 5.82 Å². The van der Waals surface area contributed by atoms with Crippen LogP contribution >= 0.6 is 0 Å². The summed E-state index contributed by atoms with van der Waals surface area (Å²) in [6.07, 6.45) is -2.89. The molecule has 2 aromatic rings. The van der Waals surface area contributed by atoms with Gasteiger partial charge in [0.15, 0.2) is 6.61 Å². The topological polar surface area (TPSA) is 115 Å². The molecule has 0 bridgehead atoms. The van der Waals surface area contributed by atoms with Gasteiger partial charge in [0.2, 0.25) is 0 Å². The van der Waals surface area contributed by atoms with Crippen molar-refractivity contribution in [2.45, 2.75) is 19.0 Å². The minimum absolute atomic E-state index is 0.186. The average molecular weight is 452 g/mol. The molecule has 0 radical (unpaired) electrons. The summed E-state index contributed by atoms with van der Waals surface area (Å²) in [5.41, 5.74) is -0.810. The van der Waals surface area contributed by atoms with Gasteiger partial charge in [-0.25, -0.2) is 4.98 Å². The van der Waals surface area contributed by atoms with Crippen molar-refractivity contribution < 1.29 is 32.4 Å². The maximum Gasteiger partial charge on any atom is 0.417 e. The summed E-state index contributed by atoms with van der Waals surface area (Å²) in [6, 6.07) is 7.60. The third-order valence-corrected chi connectivity index (χ3v) is 4.91. The first-order valence-electron chi connectivity index (χ1n) is 9.62. The Balaban J connectivity index is 1.45. The first-order chi connectivity index (χ1) is 15.1. The number of aromatic nitrogens is 1. The molecule has 0 atom stereocenters. The first-order valence-corrected chi connectivity index (χ1v) is 9.62. The summed E-state index contributed by atoms with van der Waals surface area (Å²) in [7, 11) is 0. The number of piperidine rings is 1. The van der Waals surface area contributed by atoms with Crippen LogP contribution in [0, 0.1) is 16.0 Å². The second-order valence-electron chi connectivity index (χ2n) is 7.13. The molecule has 170 valence electrons. The zero-order valence-electron chi connectivity index (χ0n) is 16.7. The lowest BCUT2D eigenvalue weighted by molar-refractivity contribution is -0.384. The Bertz CT molecular complexity index is 989. The van der Waals surface area contributed by atoms with Gasteiger partial charge >= 0.3 is 12.1 Å². The smallest absolute Gasteiger partial charge is 0.417 e. The molecule has 1 N–H and O–H groups in total. The molecule has 1 aliphatic rings. The highest BCUT2D eigenvalue weighted by Gasteiger charge is 2.31. The number of ether oxygens (including phenoxy) is 1. The third-order valence-electron chi connectivity index (χ3n) is 4.91. The Labute approximate surface area is 180 Å². The van der Waals surface area contributed by atoms with Crippen molar-refractivity contribution in [3.63, 3.8) is 0 Å². The Morgan fingerprint density at radius 1 is 1.22 bits per heavy atom. The third kappa shape index (κ3) is 5.93. The number of rotatable bonds is 6. The number of hydrogen-bond donors (Lipinski definition) is 1. The fourth-order valence-corrected chi connectivity index (χ4v) is 3.23. The van der Waals surface area contributed by atoms with Gasteiger partial charge in [0.25, 0.3) is 11.6 Å². The van der Waals surface area contributed by atoms with Crippen molar-refractivity contribution in [2.24, 2.45) is 5.92 Å². The molecule has 0 unspecified atom stereocenters. The molecule has 0 aliphatic carbocycles. The van der Waals surface area contributed by atoms with Gasteiger partial charge in [0, 0.05) is 37.1 Å². The monoisotopic (exact) mass is 452 g/mol. The van der Waals surface area contributed by atoms with E-state index in [9.17, 15) is 32.9 Å². The van der Waals surface area contributed by atoms with Crippen LogP contribution in [0.15, 0.2) is 42.6 Å². The molecule has 1 amide bonds. The number of nitrogens with zero attached hydrogens (tertiary/aromatic N) is 3. The van der Waals surface area contributed by atoms with E-state index in [2.05, 4.69) is 10.3 Å². The fourth-order valence-electron chi connectivity index (χ4n) is 3.23. The summed E-state index contributed by atoms with van der Waals surface area (Å²) in [4.78, 5) is 40.0. The van der Waals surface area contributed by atoms with Gasteiger partial charge in [-0.05, 0) is 31.0 Å². The van der Waals surface area contributed by atoms with Crippen LogP contribution in [0.2, 0.25) is 0 Å². The summed E-state index contributed by atoms with van der Waals surface area (Å²) < 4.78 is 43.0. The molecule has 1 fully saturated rings. The van der Waals surface area contributed by atoms with Crippen LogP contribution in [0.5, 0.6) is 0 Å². The van der Waals surface area contributed by atoms with Gasteiger partial charge in [-0.2, -0.15) is 13.2 Å². The Kier molecular flexibility index (Phi) is 6.91. The van der Waals surface area contributed by atoms with Gasteiger partial charge in [-0.1, -0.05) is 6.07 Å². The minimum atomic E-state index is -4.45. The summed E-state index contributed by atoms with van der Waals surface area (Å²) in [5.74, 6) is -1.25. The highest BCUT2D eigenvalue weighted by atomic mass is 19.4. The maximum absolute atomic E-state index is 12.6. The fraction of sp³-hybridized carbons (Fsp3) is 0.350. The van der Waals surface area contributed by atoms with Crippen molar-refractivity contribution in [2.75, 3.05) is 29.9 Å². The predicted octanol–water partition coefficient (Wildman–Crippen LogP) is 3.41. The number of carbonyl (C=O) groups excluding carboxylic acids is 2. The molecule has 9 nitrogen and oxygen atoms in total. The molecule has 0 saturated carbocycles. The molecule has 32 heavy (non-hydrogen) atoms. The standard InChI is InChI=1S/C20H19F3N4O5/c21-20(22,23)14-4-5-17(24-11-14)26-8-6-13(7-9-26)19(29)32-12-18(28)25-15-2-1-3-16(10-15)27(30)31/h1-5,10-11,13H,6-9,12H2,(H,25,28). The summed E-state index contributed by atoms with van der Waals surface area (Å²) in [5, 5.41) is 13.2. The second-order valence-corrected chi connectivity index (χ2v) is 7.13. The van der Waals surface area contributed by atoms with Crippen LogP contribution < -0.4 is 10.2 Å². The van der Waals surface area contributed by atoms with E-state index in [0.717, 1.165) is 12.3 Å². The van der Waals surface area contributed by atoms with Crippen LogP contribution in [0.25, 0.3) is 0 Å². The SMILES string of the molecule is O=C(COC(=O)C1CCN(c2ccc(C(F)(F)F)cn2)CC1)Nc1cccc([N+](=O)[O-])c1. The number of carbonyl (C=O) groups is 2. The van der Waals surface area contributed by atoms with Crippen molar-refractivity contribution in [1.29, 1.82) is 0 Å². The quantitative estimate of drug-likeness (QED) is 0.406. The highest BCUT2D eigenvalue weighted by molar-refractivity contribution is 5.93. The number of pyridine rings is 1. The highest BCUT2D eigenvalue weighted by Crippen LogP contribution is 2.30. The van der Waals surface area contributed by atoms with E-state index in [-0.39, 0.29) is 11.4 Å². The van der Waals surface area contributed by atoms with Crippen LogP contribution in [0.3, 0.4) is 0 Å². The molecule has 1 aliphatic heterocycles. The van der Waals surface area contributed by atoms with E-state index >= 15 is 0 Å². The number of anilines is 2. The molecule has 1 saturated heterocycles. The lowest BCUT2D eigenvalue weighted by Crippen LogP contribution is -2.38. The molecule has 1 aromatic carbocycles. The lowest BCUT2D eigenvalue weighted by atomic mass is 9.97. The van der Waals surface area contributed by atoms with E-state index in [4.69, 9.17) is 4.74 Å². The number of hydrogen-bond acceptors (Lipinski definition) is 7. The Hall–Kier alpha value is -3.70. The Morgan fingerprint density at radius 3 is 2.53 bits per heavy atom. The van der Waals surface area contributed by atoms with E-state index in [1.54, 1.807) is 4.90 Å². The van der Waals surface area contributed by atoms with Crippen molar-refractivity contribution in [1.82, 2.24) is 4.98 Å². The van der Waals surface area contributed by atoms with E-state index in [1.807, 2.05) is 0 Å². The molecule has 3 rings (SSSR count). The van der Waals surface area contributed by atoms with Crippen LogP contribution in [0.1, 0.15) is 18.4 Å². The molecular formula is C20H19F3N4O5. The zero-order chi connectivity index (χ0) is 23.3. The van der Waals surface area contributed by atoms with E-state index in [1.165, 1.54) is 30.3 Å². The second kappa shape index (κ2) is 9.62. The number of nitro benzene ring substituents is 1. The Morgan fingerprint density at radius 2 is 1.94 bits per heavy atom. The first kappa shape index (κ1) is 23.0. The van der Waals surface area contributed by atoms with Crippen LogP contribution in [-0.2, 0) is 20.5 Å². The maximum atomic E-state index is 12.6. The van der Waals surface area contributed by atoms with E-state index < -0.39 is 41.1 Å². The number of non-ortho nitro benzene ring substituents is 1.